The van der Waals surface area contributed by atoms with Gasteiger partial charge in [-0.05, 0) is 18.6 Å². The minimum atomic E-state index is -1.55. The van der Waals surface area contributed by atoms with Gasteiger partial charge in [-0.1, -0.05) is 25.1 Å². The molecule has 90 valence electrons. The minimum absolute atomic E-state index is 0.0775. The Morgan fingerprint density at radius 2 is 2.00 bits per heavy atom. The van der Waals surface area contributed by atoms with Crippen LogP contribution in [0.15, 0.2) is 41.7 Å². The molecule has 0 fully saturated rings. The zero-order valence-corrected chi connectivity index (χ0v) is 9.21. The number of aliphatic carboxylic acids is 1. The molecule has 0 saturated carbocycles. The summed E-state index contributed by atoms with van der Waals surface area (Å²) in [5.41, 5.74) is -0.130. The third-order valence-electron chi connectivity index (χ3n) is 2.09. The summed E-state index contributed by atoms with van der Waals surface area (Å²) in [5, 5.41) is 22.2. The van der Waals surface area contributed by atoms with Gasteiger partial charge in [-0.15, -0.1) is 0 Å². The van der Waals surface area contributed by atoms with Crippen LogP contribution in [-0.4, -0.2) is 16.0 Å². The maximum atomic E-state index is 10.8. The van der Waals surface area contributed by atoms with Crippen molar-refractivity contribution in [3.63, 3.8) is 0 Å². The van der Waals surface area contributed by atoms with Crippen LogP contribution >= 0.6 is 0 Å². The molecule has 1 rings (SSSR count). The second-order valence-corrected chi connectivity index (χ2v) is 3.23. The van der Waals surface area contributed by atoms with E-state index in [2.05, 4.69) is 5.32 Å². The molecule has 0 spiro atoms. The van der Waals surface area contributed by atoms with E-state index in [0.29, 0.717) is 5.69 Å². The molecule has 0 aliphatic heterocycles. The number of benzene rings is 1. The molecule has 0 amide bonds. The molecule has 17 heavy (non-hydrogen) atoms. The van der Waals surface area contributed by atoms with Gasteiger partial charge in [0, 0.05) is 5.69 Å². The van der Waals surface area contributed by atoms with E-state index in [0.717, 1.165) is 0 Å². The zero-order valence-electron chi connectivity index (χ0n) is 9.21. The van der Waals surface area contributed by atoms with Crippen LogP contribution < -0.4 is 5.32 Å². The number of nitro groups is 1. The monoisotopic (exact) mass is 236 g/mol. The average Bonchev–Trinajstić information content (AvgIpc) is 2.28. The van der Waals surface area contributed by atoms with Crippen LogP contribution in [0.3, 0.4) is 0 Å². The van der Waals surface area contributed by atoms with Crippen LogP contribution in [0.5, 0.6) is 0 Å². The fourth-order valence-corrected chi connectivity index (χ4v) is 1.33. The highest BCUT2D eigenvalue weighted by molar-refractivity contribution is 5.85. The van der Waals surface area contributed by atoms with Crippen LogP contribution in [0.2, 0.25) is 0 Å². The molecule has 0 radical (unpaired) electrons. The zero-order chi connectivity index (χ0) is 12.8. The predicted octanol–water partition coefficient (Wildman–Crippen LogP) is 2.08. The number of nitrogens with zero attached hydrogens (tertiary/aromatic N) is 1. The summed E-state index contributed by atoms with van der Waals surface area (Å²) in [7, 11) is 0. The van der Waals surface area contributed by atoms with Crippen molar-refractivity contribution >= 4 is 11.7 Å². The Morgan fingerprint density at radius 3 is 2.41 bits per heavy atom. The highest BCUT2D eigenvalue weighted by Crippen LogP contribution is 2.15. The Balaban J connectivity index is 3.09. The Bertz CT molecular complexity index is 438. The molecule has 0 bridgehead atoms. The van der Waals surface area contributed by atoms with Crippen molar-refractivity contribution in [1.29, 1.82) is 0 Å². The number of allylic oxidation sites excluding steroid dienone is 1. The minimum Gasteiger partial charge on any atom is -0.473 e. The predicted molar refractivity (Wildman–Crippen MR) is 62.0 cm³/mol. The van der Waals surface area contributed by atoms with Crippen molar-refractivity contribution in [2.75, 3.05) is 5.32 Å². The molecule has 0 saturated heterocycles. The van der Waals surface area contributed by atoms with Crippen molar-refractivity contribution in [1.82, 2.24) is 0 Å². The lowest BCUT2D eigenvalue weighted by Crippen LogP contribution is -2.17. The molecule has 0 atom stereocenters. The molecule has 0 heterocycles. The molecule has 0 aliphatic rings. The summed E-state index contributed by atoms with van der Waals surface area (Å²) < 4.78 is 0. The summed E-state index contributed by atoms with van der Waals surface area (Å²) in [6, 6.07) is 8.71. The summed E-state index contributed by atoms with van der Waals surface area (Å²) in [4.78, 5) is 20.6. The number of rotatable bonds is 5. The third-order valence-corrected chi connectivity index (χ3v) is 2.09. The summed E-state index contributed by atoms with van der Waals surface area (Å²) in [5.74, 6) is -1.55. The van der Waals surface area contributed by atoms with E-state index in [4.69, 9.17) is 5.11 Å². The first-order valence-electron chi connectivity index (χ1n) is 4.99. The number of carboxylic acid groups (broad SMARTS) is 1. The van der Waals surface area contributed by atoms with Gasteiger partial charge in [0.2, 0.25) is 0 Å². The number of nitrogens with one attached hydrogen (secondary N) is 1. The van der Waals surface area contributed by atoms with Gasteiger partial charge in [0.1, 0.15) is 5.70 Å². The standard InChI is InChI=1S/C11H12N2O4/c1-2-9(10(11(14)15)13(16)17)12-8-6-4-3-5-7-8/h3-7,12H,2H2,1H3,(H,14,15)/b10-9+. The van der Waals surface area contributed by atoms with Crippen LogP contribution in [0.25, 0.3) is 0 Å². The maximum Gasteiger partial charge on any atom is 0.409 e. The highest BCUT2D eigenvalue weighted by atomic mass is 16.6. The molecule has 6 nitrogen and oxygen atoms in total. The first kappa shape index (κ1) is 12.7. The van der Waals surface area contributed by atoms with Crippen molar-refractivity contribution < 1.29 is 14.8 Å². The average molecular weight is 236 g/mol. The Kier molecular flexibility index (Phi) is 4.21. The third kappa shape index (κ3) is 3.30. The van der Waals surface area contributed by atoms with Gasteiger partial charge >= 0.3 is 11.7 Å². The summed E-state index contributed by atoms with van der Waals surface area (Å²) in [6.07, 6.45) is 0.234. The quantitative estimate of drug-likeness (QED) is 0.464. The van der Waals surface area contributed by atoms with Gasteiger partial charge in [-0.25, -0.2) is 4.79 Å². The number of para-hydroxylation sites is 1. The number of anilines is 1. The lowest BCUT2D eigenvalue weighted by atomic mass is 10.2. The van der Waals surface area contributed by atoms with Crippen LogP contribution in [0.4, 0.5) is 5.69 Å². The SMILES string of the molecule is CC/C(Nc1ccccc1)=C(/C(=O)O)[N+](=O)[O-]. The number of carboxylic acids is 1. The molecule has 1 aromatic rings. The number of carbonyl (C=O) groups is 1. The molecular formula is C11H12N2O4. The number of hydrogen-bond acceptors (Lipinski definition) is 4. The van der Waals surface area contributed by atoms with Crippen molar-refractivity contribution in [2.45, 2.75) is 13.3 Å². The van der Waals surface area contributed by atoms with Crippen molar-refractivity contribution in [3.05, 3.63) is 51.8 Å². The van der Waals surface area contributed by atoms with Crippen LogP contribution in [0.1, 0.15) is 13.3 Å². The Morgan fingerprint density at radius 1 is 1.41 bits per heavy atom. The summed E-state index contributed by atoms with van der Waals surface area (Å²) in [6.45, 7) is 1.65. The lowest BCUT2D eigenvalue weighted by molar-refractivity contribution is -0.422. The smallest absolute Gasteiger partial charge is 0.409 e. The van der Waals surface area contributed by atoms with Gasteiger partial charge in [-0.2, -0.15) is 0 Å². The van der Waals surface area contributed by atoms with Gasteiger partial charge < -0.3 is 10.4 Å². The van der Waals surface area contributed by atoms with E-state index >= 15 is 0 Å². The highest BCUT2D eigenvalue weighted by Gasteiger charge is 2.26. The topological polar surface area (TPSA) is 92.5 Å². The molecule has 2 N–H and O–H groups in total. The molecule has 0 unspecified atom stereocenters. The van der Waals surface area contributed by atoms with Gasteiger partial charge in [0.25, 0.3) is 0 Å². The molecule has 0 aliphatic carbocycles. The fourth-order valence-electron chi connectivity index (χ4n) is 1.33. The summed E-state index contributed by atoms with van der Waals surface area (Å²) >= 11 is 0. The molecule has 0 aromatic heterocycles. The first-order chi connectivity index (χ1) is 8.06. The Labute approximate surface area is 97.7 Å². The fraction of sp³-hybridized carbons (Fsp3) is 0.182. The Hall–Kier alpha value is -2.37. The van der Waals surface area contributed by atoms with E-state index in [1.807, 2.05) is 0 Å². The van der Waals surface area contributed by atoms with E-state index in [1.165, 1.54) is 0 Å². The van der Waals surface area contributed by atoms with E-state index < -0.39 is 16.6 Å². The maximum absolute atomic E-state index is 10.8. The first-order valence-corrected chi connectivity index (χ1v) is 4.99. The molecular weight excluding hydrogens is 224 g/mol. The van der Waals surface area contributed by atoms with Crippen molar-refractivity contribution in [2.24, 2.45) is 0 Å². The van der Waals surface area contributed by atoms with Crippen LogP contribution in [0, 0.1) is 10.1 Å². The van der Waals surface area contributed by atoms with Crippen molar-refractivity contribution in [3.8, 4) is 0 Å². The van der Waals surface area contributed by atoms with Gasteiger partial charge in [0.05, 0.1) is 4.92 Å². The van der Waals surface area contributed by atoms with E-state index in [1.54, 1.807) is 37.3 Å². The molecule has 1 aromatic carbocycles. The normalized spacial score (nSPS) is 11.6. The van der Waals surface area contributed by atoms with Crippen LogP contribution in [-0.2, 0) is 4.79 Å². The number of hydrogen-bond donors (Lipinski definition) is 2. The lowest BCUT2D eigenvalue weighted by Gasteiger charge is -2.08. The second-order valence-electron chi connectivity index (χ2n) is 3.23. The van der Waals surface area contributed by atoms with Gasteiger partial charge in [-0.3, -0.25) is 10.1 Å². The van der Waals surface area contributed by atoms with Gasteiger partial charge in [0.15, 0.2) is 0 Å². The second kappa shape index (κ2) is 5.64. The molecule has 6 heteroatoms. The largest absolute Gasteiger partial charge is 0.473 e. The van der Waals surface area contributed by atoms with E-state index in [9.17, 15) is 14.9 Å². The van der Waals surface area contributed by atoms with E-state index in [-0.39, 0.29) is 12.1 Å².